The number of amides is 1. The Hall–Kier alpha value is -3.14. The lowest BCUT2D eigenvalue weighted by molar-refractivity contribution is 0.102. The van der Waals surface area contributed by atoms with Crippen LogP contribution >= 0.6 is 0 Å². The molecule has 132 valence electrons. The van der Waals surface area contributed by atoms with Crippen LogP contribution in [0.1, 0.15) is 32.6 Å². The summed E-state index contributed by atoms with van der Waals surface area (Å²) < 4.78 is 0. The molecule has 2 aromatic carbocycles. The van der Waals surface area contributed by atoms with E-state index >= 15 is 0 Å². The number of nitrogens with one attached hydrogen (secondary N) is 2. The molecule has 3 rings (SSSR count). The van der Waals surface area contributed by atoms with Crippen LogP contribution in [-0.2, 0) is 0 Å². The smallest absolute Gasteiger partial charge is 0.257 e. The molecule has 0 unspecified atom stereocenters. The van der Waals surface area contributed by atoms with Gasteiger partial charge in [0.2, 0.25) is 0 Å². The normalized spacial score (nSPS) is 10.5. The van der Waals surface area contributed by atoms with E-state index in [2.05, 4.69) is 47.7 Å². The van der Waals surface area contributed by atoms with Gasteiger partial charge < -0.3 is 10.6 Å². The van der Waals surface area contributed by atoms with Gasteiger partial charge in [-0.25, -0.2) is 0 Å². The molecule has 3 aromatic rings. The standard InChI is InChI=1S/C22H23N3O/c1-14-5-6-21(17(4)8-14)25-22(26)18-11-20(13-23-12-18)24-19-9-15(2)7-16(3)10-19/h5-13,24H,1-4H3,(H,25,26). The quantitative estimate of drug-likeness (QED) is 0.673. The number of carbonyl (C=O) groups excluding carboxylic acids is 1. The molecule has 4 nitrogen and oxygen atoms in total. The minimum absolute atomic E-state index is 0.173. The van der Waals surface area contributed by atoms with Crippen LogP contribution in [0, 0.1) is 27.7 Å². The maximum absolute atomic E-state index is 12.6. The molecular formula is C22H23N3O. The van der Waals surface area contributed by atoms with E-state index in [4.69, 9.17) is 0 Å². The van der Waals surface area contributed by atoms with Crippen molar-refractivity contribution in [2.45, 2.75) is 27.7 Å². The van der Waals surface area contributed by atoms with Crippen molar-refractivity contribution in [2.75, 3.05) is 10.6 Å². The molecule has 0 saturated heterocycles. The first-order valence-electron chi connectivity index (χ1n) is 8.60. The first-order chi connectivity index (χ1) is 12.4. The van der Waals surface area contributed by atoms with Gasteiger partial charge in [-0.05, 0) is 68.7 Å². The van der Waals surface area contributed by atoms with Crippen LogP contribution in [0.2, 0.25) is 0 Å². The van der Waals surface area contributed by atoms with Crippen molar-refractivity contribution in [3.8, 4) is 0 Å². The molecule has 2 N–H and O–H groups in total. The zero-order chi connectivity index (χ0) is 18.7. The van der Waals surface area contributed by atoms with Crippen molar-refractivity contribution in [3.63, 3.8) is 0 Å². The minimum atomic E-state index is -0.173. The van der Waals surface area contributed by atoms with Gasteiger partial charge >= 0.3 is 0 Å². The molecule has 0 saturated carbocycles. The van der Waals surface area contributed by atoms with Gasteiger partial charge in [0.05, 0.1) is 17.4 Å². The van der Waals surface area contributed by atoms with Crippen LogP contribution in [0.25, 0.3) is 0 Å². The number of rotatable bonds is 4. The summed E-state index contributed by atoms with van der Waals surface area (Å²) >= 11 is 0. The second-order valence-corrected chi connectivity index (χ2v) is 6.74. The van der Waals surface area contributed by atoms with E-state index in [0.29, 0.717) is 5.56 Å². The Morgan fingerprint density at radius 3 is 2.23 bits per heavy atom. The predicted octanol–water partition coefficient (Wildman–Crippen LogP) is 5.31. The summed E-state index contributed by atoms with van der Waals surface area (Å²) in [7, 11) is 0. The molecule has 0 aliphatic heterocycles. The summed E-state index contributed by atoms with van der Waals surface area (Å²) in [4.78, 5) is 16.8. The summed E-state index contributed by atoms with van der Waals surface area (Å²) in [6, 6.07) is 14.0. The molecule has 1 amide bonds. The number of pyridine rings is 1. The molecule has 0 aliphatic carbocycles. The SMILES string of the molecule is Cc1cc(C)cc(Nc2cncc(C(=O)Nc3ccc(C)cc3C)c2)c1. The third kappa shape index (κ3) is 4.28. The van der Waals surface area contributed by atoms with Crippen molar-refractivity contribution < 1.29 is 4.79 Å². The first kappa shape index (κ1) is 17.7. The van der Waals surface area contributed by atoms with Crippen LogP contribution in [0.15, 0.2) is 54.9 Å². The van der Waals surface area contributed by atoms with Gasteiger partial charge in [0.15, 0.2) is 0 Å². The third-order valence-corrected chi connectivity index (χ3v) is 4.14. The summed E-state index contributed by atoms with van der Waals surface area (Å²) in [5.41, 5.74) is 7.66. The van der Waals surface area contributed by atoms with Crippen LogP contribution in [0.3, 0.4) is 0 Å². The molecule has 0 fully saturated rings. The predicted molar refractivity (Wildman–Crippen MR) is 107 cm³/mol. The number of anilines is 3. The van der Waals surface area contributed by atoms with E-state index in [0.717, 1.165) is 22.6 Å². The van der Waals surface area contributed by atoms with Crippen LogP contribution in [0.5, 0.6) is 0 Å². The Labute approximate surface area is 154 Å². The van der Waals surface area contributed by atoms with Crippen molar-refractivity contribution in [2.24, 2.45) is 0 Å². The van der Waals surface area contributed by atoms with Gasteiger partial charge in [-0.2, -0.15) is 0 Å². The van der Waals surface area contributed by atoms with E-state index in [-0.39, 0.29) is 5.91 Å². The Morgan fingerprint density at radius 1 is 0.808 bits per heavy atom. The average Bonchev–Trinajstić information content (AvgIpc) is 2.56. The highest BCUT2D eigenvalue weighted by Crippen LogP contribution is 2.21. The highest BCUT2D eigenvalue weighted by atomic mass is 16.1. The zero-order valence-electron chi connectivity index (χ0n) is 15.6. The fraction of sp³-hybridized carbons (Fsp3) is 0.182. The highest BCUT2D eigenvalue weighted by molar-refractivity contribution is 6.05. The molecule has 0 bridgehead atoms. The number of aryl methyl sites for hydroxylation is 4. The second kappa shape index (κ2) is 7.40. The summed E-state index contributed by atoms with van der Waals surface area (Å²) in [5, 5.41) is 6.28. The maximum Gasteiger partial charge on any atom is 0.257 e. The number of hydrogen-bond donors (Lipinski definition) is 2. The lowest BCUT2D eigenvalue weighted by atomic mass is 10.1. The van der Waals surface area contributed by atoms with Crippen LogP contribution in [-0.4, -0.2) is 10.9 Å². The lowest BCUT2D eigenvalue weighted by Gasteiger charge is -2.11. The van der Waals surface area contributed by atoms with E-state index in [1.807, 2.05) is 38.1 Å². The van der Waals surface area contributed by atoms with E-state index in [1.165, 1.54) is 16.7 Å². The molecule has 1 heterocycles. The summed E-state index contributed by atoms with van der Waals surface area (Å²) in [5.74, 6) is -0.173. The Bertz CT molecular complexity index is 943. The lowest BCUT2D eigenvalue weighted by Crippen LogP contribution is -2.13. The van der Waals surface area contributed by atoms with Gasteiger partial charge in [0.1, 0.15) is 0 Å². The third-order valence-electron chi connectivity index (χ3n) is 4.14. The number of aromatic nitrogens is 1. The average molecular weight is 345 g/mol. The topological polar surface area (TPSA) is 54.0 Å². The van der Waals surface area contributed by atoms with Crippen LogP contribution < -0.4 is 10.6 Å². The zero-order valence-corrected chi connectivity index (χ0v) is 15.6. The van der Waals surface area contributed by atoms with E-state index < -0.39 is 0 Å². The fourth-order valence-corrected chi connectivity index (χ4v) is 2.99. The molecular weight excluding hydrogens is 322 g/mol. The monoisotopic (exact) mass is 345 g/mol. The van der Waals surface area contributed by atoms with Crippen molar-refractivity contribution in [1.29, 1.82) is 0 Å². The van der Waals surface area contributed by atoms with Gasteiger partial charge in [0.25, 0.3) is 5.91 Å². The molecule has 0 atom stereocenters. The maximum atomic E-state index is 12.6. The van der Waals surface area contributed by atoms with E-state index in [1.54, 1.807) is 12.4 Å². The molecule has 26 heavy (non-hydrogen) atoms. The van der Waals surface area contributed by atoms with Crippen molar-refractivity contribution in [1.82, 2.24) is 4.98 Å². The fourth-order valence-electron chi connectivity index (χ4n) is 2.99. The molecule has 0 aliphatic rings. The Kier molecular flexibility index (Phi) is 5.03. The molecule has 4 heteroatoms. The highest BCUT2D eigenvalue weighted by Gasteiger charge is 2.09. The number of benzene rings is 2. The van der Waals surface area contributed by atoms with Crippen molar-refractivity contribution in [3.05, 3.63) is 82.7 Å². The number of hydrogen-bond acceptors (Lipinski definition) is 3. The first-order valence-corrected chi connectivity index (χ1v) is 8.60. The largest absolute Gasteiger partial charge is 0.354 e. The van der Waals surface area contributed by atoms with Gasteiger partial charge in [0, 0.05) is 17.6 Å². The minimum Gasteiger partial charge on any atom is -0.354 e. The van der Waals surface area contributed by atoms with Gasteiger partial charge in [-0.3, -0.25) is 9.78 Å². The van der Waals surface area contributed by atoms with Gasteiger partial charge in [-0.15, -0.1) is 0 Å². The number of carbonyl (C=O) groups is 1. The van der Waals surface area contributed by atoms with Crippen molar-refractivity contribution >= 4 is 23.0 Å². The Morgan fingerprint density at radius 2 is 1.54 bits per heavy atom. The summed E-state index contributed by atoms with van der Waals surface area (Å²) in [6.45, 7) is 8.14. The van der Waals surface area contributed by atoms with Gasteiger partial charge in [-0.1, -0.05) is 23.8 Å². The second-order valence-electron chi connectivity index (χ2n) is 6.74. The van der Waals surface area contributed by atoms with Crippen LogP contribution in [0.4, 0.5) is 17.1 Å². The Balaban J connectivity index is 1.78. The molecule has 0 radical (unpaired) electrons. The van der Waals surface area contributed by atoms with E-state index in [9.17, 15) is 4.79 Å². The molecule has 1 aromatic heterocycles. The number of nitrogens with zero attached hydrogens (tertiary/aromatic N) is 1. The molecule has 0 spiro atoms. The summed E-state index contributed by atoms with van der Waals surface area (Å²) in [6.07, 6.45) is 3.29.